The minimum atomic E-state index is 0.347. The van der Waals surface area contributed by atoms with Gasteiger partial charge in [-0.1, -0.05) is 62.4 Å². The lowest BCUT2D eigenvalue weighted by molar-refractivity contribution is 0.808. The Morgan fingerprint density at radius 1 is 1.00 bits per heavy atom. The van der Waals surface area contributed by atoms with Gasteiger partial charge in [0.25, 0.3) is 0 Å². The fourth-order valence-corrected chi connectivity index (χ4v) is 3.56. The lowest BCUT2D eigenvalue weighted by atomic mass is 9.98. The van der Waals surface area contributed by atoms with Gasteiger partial charge in [0.1, 0.15) is 5.82 Å². The molecule has 0 amide bonds. The van der Waals surface area contributed by atoms with Crippen LogP contribution >= 0.6 is 0 Å². The van der Waals surface area contributed by atoms with Crippen molar-refractivity contribution in [1.82, 2.24) is 35.2 Å². The van der Waals surface area contributed by atoms with E-state index >= 15 is 0 Å². The van der Waals surface area contributed by atoms with Crippen molar-refractivity contribution in [3.8, 4) is 22.5 Å². The zero-order valence-corrected chi connectivity index (χ0v) is 17.3. The highest BCUT2D eigenvalue weighted by Crippen LogP contribution is 2.30. The Balaban J connectivity index is 1.38. The van der Waals surface area contributed by atoms with Gasteiger partial charge in [0.15, 0.2) is 11.5 Å². The van der Waals surface area contributed by atoms with E-state index in [2.05, 4.69) is 86.3 Å². The zero-order chi connectivity index (χ0) is 21.2. The lowest BCUT2D eigenvalue weighted by Crippen LogP contribution is -2.08. The van der Waals surface area contributed by atoms with Crippen LogP contribution in [0.1, 0.15) is 31.0 Å². The first-order chi connectivity index (χ1) is 15.2. The first kappa shape index (κ1) is 18.9. The number of H-pyrrole nitrogens is 1. The molecule has 3 heterocycles. The number of nitrogens with zero attached hydrogens (tertiary/aromatic N) is 6. The molecular formula is C23H22N8. The molecule has 0 aliphatic carbocycles. The molecule has 0 bridgehead atoms. The predicted molar refractivity (Wildman–Crippen MR) is 119 cm³/mol. The molecule has 5 aromatic rings. The van der Waals surface area contributed by atoms with Crippen molar-refractivity contribution in [2.75, 3.05) is 5.32 Å². The highest BCUT2D eigenvalue weighted by atomic mass is 15.5. The van der Waals surface area contributed by atoms with Gasteiger partial charge in [-0.3, -0.25) is 0 Å². The van der Waals surface area contributed by atoms with Gasteiger partial charge in [-0.15, -0.1) is 5.10 Å². The maximum atomic E-state index is 4.67. The number of nitrogens with one attached hydrogen (secondary N) is 2. The molecule has 0 aliphatic heterocycles. The summed E-state index contributed by atoms with van der Waals surface area (Å²) >= 11 is 0. The van der Waals surface area contributed by atoms with Gasteiger partial charge in [-0.25, -0.2) is 10.1 Å². The van der Waals surface area contributed by atoms with Gasteiger partial charge in [0.05, 0.1) is 6.20 Å². The Morgan fingerprint density at radius 2 is 1.81 bits per heavy atom. The standard InChI is InChI=1S/C23H22N8/c1-15(2)20-13-22(31-21(26-20)11-12-25-31)24-14-16-7-9-17(10-8-16)18-5-3-4-6-19(18)23-27-29-30-28-23/h3-13,15,24H,14H2,1-2H3,(H,27,28,29,30). The molecule has 0 saturated carbocycles. The SMILES string of the molecule is CC(C)c1cc(NCc2ccc(-c3ccccc3-c3nnn[nH]3)cc2)n2nccc2n1. The second kappa shape index (κ2) is 7.98. The van der Waals surface area contributed by atoms with Crippen LogP contribution in [-0.4, -0.2) is 35.2 Å². The molecule has 0 aliphatic rings. The number of aromatic amines is 1. The highest BCUT2D eigenvalue weighted by molar-refractivity contribution is 5.80. The number of rotatable bonds is 6. The minimum absolute atomic E-state index is 0.347. The van der Waals surface area contributed by atoms with E-state index in [0.29, 0.717) is 18.3 Å². The summed E-state index contributed by atoms with van der Waals surface area (Å²) in [5.74, 6) is 1.94. The van der Waals surface area contributed by atoms with Crippen LogP contribution < -0.4 is 5.32 Å². The number of hydrogen-bond donors (Lipinski definition) is 2. The summed E-state index contributed by atoms with van der Waals surface area (Å²) in [5, 5.41) is 22.2. The van der Waals surface area contributed by atoms with Crippen LogP contribution in [0.5, 0.6) is 0 Å². The predicted octanol–water partition coefficient (Wildman–Crippen LogP) is 4.31. The van der Waals surface area contributed by atoms with Crippen molar-refractivity contribution in [3.05, 3.63) is 78.1 Å². The van der Waals surface area contributed by atoms with Gasteiger partial charge < -0.3 is 5.32 Å². The van der Waals surface area contributed by atoms with E-state index in [1.165, 1.54) is 5.56 Å². The number of anilines is 1. The van der Waals surface area contributed by atoms with Gasteiger partial charge in [-0.2, -0.15) is 9.61 Å². The Hall–Kier alpha value is -4.07. The quantitative estimate of drug-likeness (QED) is 0.433. The molecule has 0 radical (unpaired) electrons. The largest absolute Gasteiger partial charge is 0.366 e. The first-order valence-corrected chi connectivity index (χ1v) is 10.2. The molecule has 8 nitrogen and oxygen atoms in total. The first-order valence-electron chi connectivity index (χ1n) is 10.2. The average molecular weight is 410 g/mol. The monoisotopic (exact) mass is 410 g/mol. The summed E-state index contributed by atoms with van der Waals surface area (Å²) in [6, 6.07) is 20.6. The fraction of sp³-hybridized carbons (Fsp3) is 0.174. The van der Waals surface area contributed by atoms with E-state index in [-0.39, 0.29) is 0 Å². The van der Waals surface area contributed by atoms with Gasteiger partial charge in [0, 0.05) is 29.9 Å². The fourth-order valence-electron chi connectivity index (χ4n) is 3.56. The van der Waals surface area contributed by atoms with Crippen molar-refractivity contribution in [2.45, 2.75) is 26.3 Å². The van der Waals surface area contributed by atoms with Crippen molar-refractivity contribution in [1.29, 1.82) is 0 Å². The number of tetrazole rings is 1. The van der Waals surface area contributed by atoms with E-state index in [1.54, 1.807) is 6.20 Å². The molecule has 0 saturated heterocycles. The number of hydrogen-bond acceptors (Lipinski definition) is 6. The Morgan fingerprint density at radius 3 is 2.55 bits per heavy atom. The van der Waals surface area contributed by atoms with Crippen molar-refractivity contribution >= 4 is 11.5 Å². The number of benzene rings is 2. The molecule has 8 heteroatoms. The molecular weight excluding hydrogens is 388 g/mol. The van der Waals surface area contributed by atoms with Crippen LogP contribution in [0.2, 0.25) is 0 Å². The highest BCUT2D eigenvalue weighted by Gasteiger charge is 2.11. The van der Waals surface area contributed by atoms with Crippen molar-refractivity contribution in [3.63, 3.8) is 0 Å². The lowest BCUT2D eigenvalue weighted by Gasteiger charge is -2.13. The molecule has 0 atom stereocenters. The molecule has 0 spiro atoms. The summed E-state index contributed by atoms with van der Waals surface area (Å²) in [6.07, 6.45) is 1.77. The summed E-state index contributed by atoms with van der Waals surface area (Å²) < 4.78 is 1.84. The normalized spacial score (nSPS) is 11.3. The van der Waals surface area contributed by atoms with Crippen LogP contribution in [0.25, 0.3) is 28.2 Å². The third-order valence-electron chi connectivity index (χ3n) is 5.24. The molecule has 31 heavy (non-hydrogen) atoms. The zero-order valence-electron chi connectivity index (χ0n) is 17.3. The summed E-state index contributed by atoms with van der Waals surface area (Å²) in [7, 11) is 0. The summed E-state index contributed by atoms with van der Waals surface area (Å²) in [4.78, 5) is 4.67. The smallest absolute Gasteiger partial charge is 0.180 e. The molecule has 3 aromatic heterocycles. The maximum Gasteiger partial charge on any atom is 0.180 e. The summed E-state index contributed by atoms with van der Waals surface area (Å²) in [5.41, 5.74) is 6.22. The van der Waals surface area contributed by atoms with Crippen LogP contribution in [0, 0.1) is 0 Å². The number of aromatic nitrogens is 7. The summed E-state index contributed by atoms with van der Waals surface area (Å²) in [6.45, 7) is 4.97. The van der Waals surface area contributed by atoms with E-state index in [0.717, 1.165) is 33.8 Å². The minimum Gasteiger partial charge on any atom is -0.366 e. The van der Waals surface area contributed by atoms with E-state index in [1.807, 2.05) is 28.8 Å². The molecule has 2 N–H and O–H groups in total. The molecule has 2 aromatic carbocycles. The van der Waals surface area contributed by atoms with E-state index in [9.17, 15) is 0 Å². The van der Waals surface area contributed by atoms with Gasteiger partial charge in [-0.05, 0) is 33.0 Å². The second-order valence-electron chi connectivity index (χ2n) is 7.67. The van der Waals surface area contributed by atoms with Crippen LogP contribution in [-0.2, 0) is 6.54 Å². The van der Waals surface area contributed by atoms with Gasteiger partial charge >= 0.3 is 0 Å². The maximum absolute atomic E-state index is 4.67. The van der Waals surface area contributed by atoms with Crippen LogP contribution in [0.3, 0.4) is 0 Å². The van der Waals surface area contributed by atoms with Crippen LogP contribution in [0.4, 0.5) is 5.82 Å². The molecule has 0 fully saturated rings. The second-order valence-corrected chi connectivity index (χ2v) is 7.67. The third-order valence-corrected chi connectivity index (χ3v) is 5.24. The third kappa shape index (κ3) is 3.75. The van der Waals surface area contributed by atoms with Gasteiger partial charge in [0.2, 0.25) is 0 Å². The number of fused-ring (bicyclic) bond motifs is 1. The average Bonchev–Trinajstić information content (AvgIpc) is 3.50. The Kier molecular flexibility index (Phi) is 4.87. The molecule has 154 valence electrons. The van der Waals surface area contributed by atoms with E-state index in [4.69, 9.17) is 0 Å². The topological polar surface area (TPSA) is 96.7 Å². The van der Waals surface area contributed by atoms with Crippen LogP contribution in [0.15, 0.2) is 66.9 Å². The van der Waals surface area contributed by atoms with Crippen molar-refractivity contribution in [2.24, 2.45) is 0 Å². The van der Waals surface area contributed by atoms with Crippen molar-refractivity contribution < 1.29 is 0 Å². The van der Waals surface area contributed by atoms with E-state index < -0.39 is 0 Å². The molecule has 5 rings (SSSR count). The Labute approximate surface area is 179 Å². The Bertz CT molecular complexity index is 1300. The molecule has 0 unspecified atom stereocenters.